The highest BCUT2D eigenvalue weighted by Gasteiger charge is 2.41. The molecule has 0 aliphatic carbocycles. The number of benzene rings is 1. The molecule has 2 N–H and O–H groups in total. The second kappa shape index (κ2) is 9.71. The van der Waals surface area contributed by atoms with Gasteiger partial charge in [0.15, 0.2) is 17.5 Å². The number of nitrogens with one attached hydrogen (secondary N) is 1. The fourth-order valence-corrected chi connectivity index (χ4v) is 4.57. The maximum atomic E-state index is 14.2. The number of hydrogen-bond acceptors (Lipinski definition) is 4. The number of aryl methyl sites for hydroxylation is 1. The van der Waals surface area contributed by atoms with Crippen LogP contribution in [0.5, 0.6) is 5.75 Å². The van der Waals surface area contributed by atoms with Crippen molar-refractivity contribution >= 4 is 23.4 Å². The SMILES string of the molecule is COc1c2n(cc(C(=O)NCc3ccc(F)c(Cl)c3F)c1=O)CCCC[C@H]1[OH+][C@H](C)CN1C2=O. The first-order valence-corrected chi connectivity index (χ1v) is 11.3. The number of carbonyl (C=O) groups is 2. The second-order valence-electron chi connectivity index (χ2n) is 8.40. The number of aliphatic hydroxyl groups is 2. The van der Waals surface area contributed by atoms with Crippen molar-refractivity contribution < 1.29 is 27.8 Å². The second-order valence-corrected chi connectivity index (χ2v) is 8.77. The van der Waals surface area contributed by atoms with Crippen molar-refractivity contribution in [3.63, 3.8) is 0 Å². The quantitative estimate of drug-likeness (QED) is 0.520. The molecule has 0 radical (unpaired) electrons. The molecule has 11 heteroatoms. The number of fused-ring (bicyclic) bond motifs is 2. The lowest BCUT2D eigenvalue weighted by Gasteiger charge is -2.21. The van der Waals surface area contributed by atoms with Crippen molar-refractivity contribution in [2.45, 2.75) is 51.6 Å². The van der Waals surface area contributed by atoms with E-state index in [1.807, 2.05) is 6.92 Å². The van der Waals surface area contributed by atoms with Crippen molar-refractivity contribution in [3.05, 3.63) is 62.0 Å². The van der Waals surface area contributed by atoms with E-state index in [4.69, 9.17) is 16.3 Å². The van der Waals surface area contributed by atoms with Gasteiger partial charge in [0, 0.05) is 38.2 Å². The van der Waals surface area contributed by atoms with Crippen molar-refractivity contribution in [3.8, 4) is 5.75 Å². The molecule has 2 amide bonds. The molecule has 34 heavy (non-hydrogen) atoms. The van der Waals surface area contributed by atoms with E-state index in [2.05, 4.69) is 10.1 Å². The molecule has 2 aliphatic heterocycles. The Balaban J connectivity index is 1.68. The summed E-state index contributed by atoms with van der Waals surface area (Å²) < 4.78 is 39.1. The Labute approximate surface area is 199 Å². The van der Waals surface area contributed by atoms with Gasteiger partial charge in [-0.25, -0.2) is 8.78 Å². The standard InChI is InChI=1S/C23H24ClF2N3O5/c1-12-10-29-16(34-12)5-3-4-8-28-11-14(20(30)21(33-2)19(28)23(29)32)22(31)27-9-13-6-7-15(25)17(24)18(13)26/h6-7,11-12,16H,3-5,8-10H2,1-2H3,(H,27,31)/p+1/t12-,16-/m1/s1. The Kier molecular flexibility index (Phi) is 6.90. The van der Waals surface area contributed by atoms with Gasteiger partial charge in [-0.15, -0.1) is 0 Å². The molecule has 4 rings (SSSR count). The van der Waals surface area contributed by atoms with Crippen molar-refractivity contribution in [2.24, 2.45) is 0 Å². The number of nitrogens with zero attached hydrogens (tertiary/aromatic N) is 2. The first-order chi connectivity index (χ1) is 16.2. The molecule has 0 saturated carbocycles. The number of aromatic nitrogens is 1. The maximum Gasteiger partial charge on any atom is 0.280 e. The Morgan fingerprint density at radius 2 is 2.06 bits per heavy atom. The first-order valence-electron chi connectivity index (χ1n) is 11.0. The van der Waals surface area contributed by atoms with Gasteiger partial charge in [0.05, 0.1) is 13.7 Å². The molecule has 2 atom stereocenters. The van der Waals surface area contributed by atoms with Gasteiger partial charge >= 0.3 is 0 Å². The van der Waals surface area contributed by atoms with Crippen LogP contribution in [0.15, 0.2) is 23.1 Å². The lowest BCUT2D eigenvalue weighted by molar-refractivity contribution is -0.133. The van der Waals surface area contributed by atoms with Gasteiger partial charge in [-0.2, -0.15) is 0 Å². The molecule has 0 spiro atoms. The lowest BCUT2D eigenvalue weighted by atomic mass is 10.1. The topological polar surface area (TPSA) is 93.4 Å². The Morgan fingerprint density at radius 1 is 1.29 bits per heavy atom. The predicted octanol–water partition coefficient (Wildman–Crippen LogP) is 2.60. The molecule has 0 unspecified atom stereocenters. The number of hydrogen-bond donors (Lipinski definition) is 1. The summed E-state index contributed by atoms with van der Waals surface area (Å²) in [5, 5.41) is 1.78. The highest BCUT2D eigenvalue weighted by molar-refractivity contribution is 6.30. The fraction of sp³-hybridized carbons (Fsp3) is 0.435. The van der Waals surface area contributed by atoms with Crippen LogP contribution in [0.1, 0.15) is 52.6 Å². The monoisotopic (exact) mass is 496 g/mol. The molecule has 8 nitrogen and oxygen atoms in total. The minimum absolute atomic E-state index is 0.00930. The maximum absolute atomic E-state index is 14.2. The molecule has 2 aromatic rings. The van der Waals surface area contributed by atoms with E-state index in [-0.39, 0.29) is 47.4 Å². The summed E-state index contributed by atoms with van der Waals surface area (Å²) in [4.78, 5) is 41.1. The van der Waals surface area contributed by atoms with Gasteiger partial charge in [0.25, 0.3) is 11.8 Å². The average Bonchev–Trinajstić information content (AvgIpc) is 3.21. The molecule has 182 valence electrons. The normalized spacial score (nSPS) is 20.1. The summed E-state index contributed by atoms with van der Waals surface area (Å²) >= 11 is 5.59. The van der Waals surface area contributed by atoms with Crippen LogP contribution in [0.3, 0.4) is 0 Å². The van der Waals surface area contributed by atoms with E-state index in [1.54, 1.807) is 9.47 Å². The van der Waals surface area contributed by atoms with Crippen molar-refractivity contribution in [1.29, 1.82) is 0 Å². The average molecular weight is 497 g/mol. The Morgan fingerprint density at radius 3 is 2.79 bits per heavy atom. The van der Waals surface area contributed by atoms with Gasteiger partial charge in [-0.3, -0.25) is 19.3 Å². The Hall–Kier alpha value is -2.98. The Bertz CT molecular complexity index is 1200. The number of halogens is 3. The minimum atomic E-state index is -0.990. The number of ether oxygens (including phenoxy) is 2. The van der Waals surface area contributed by atoms with Crippen LogP contribution in [0.25, 0.3) is 0 Å². The number of methoxy groups -OCH3 is 1. The van der Waals surface area contributed by atoms with Crippen LogP contribution < -0.4 is 15.5 Å². The predicted molar refractivity (Wildman–Crippen MR) is 120 cm³/mol. The third-order valence-electron chi connectivity index (χ3n) is 6.06. The first kappa shape index (κ1) is 24.2. The molecule has 1 saturated heterocycles. The van der Waals surface area contributed by atoms with E-state index in [9.17, 15) is 23.2 Å². The summed E-state index contributed by atoms with van der Waals surface area (Å²) in [5.74, 6) is -3.29. The van der Waals surface area contributed by atoms with Crippen molar-refractivity contribution in [2.75, 3.05) is 13.7 Å². The van der Waals surface area contributed by atoms with E-state index in [0.717, 1.165) is 25.0 Å². The van der Waals surface area contributed by atoms with Crippen LogP contribution in [-0.4, -0.2) is 52.0 Å². The van der Waals surface area contributed by atoms with Gasteiger partial charge in [-0.1, -0.05) is 17.7 Å². The highest BCUT2D eigenvalue weighted by Crippen LogP contribution is 2.27. The van der Waals surface area contributed by atoms with Crippen LogP contribution >= 0.6 is 11.6 Å². The molecule has 2 aliphatic rings. The molecule has 3 heterocycles. The van der Waals surface area contributed by atoms with E-state index in [1.165, 1.54) is 13.3 Å². The van der Waals surface area contributed by atoms with Gasteiger partial charge in [-0.05, 0) is 18.9 Å². The molecule has 1 aromatic heterocycles. The number of rotatable bonds is 4. The minimum Gasteiger partial charge on any atom is -0.491 e. The third kappa shape index (κ3) is 4.39. The molecular formula is C23H25ClF2N3O5+. The zero-order valence-electron chi connectivity index (χ0n) is 18.7. The molecule has 1 aromatic carbocycles. The van der Waals surface area contributed by atoms with Crippen molar-refractivity contribution in [1.82, 2.24) is 14.8 Å². The lowest BCUT2D eigenvalue weighted by Crippen LogP contribution is -2.39. The summed E-state index contributed by atoms with van der Waals surface area (Å²) in [5.41, 5.74) is -0.964. The summed E-state index contributed by atoms with van der Waals surface area (Å²) in [6.07, 6.45) is 3.31. The van der Waals surface area contributed by atoms with Crippen LogP contribution in [0, 0.1) is 11.6 Å². The molecule has 1 fully saturated rings. The fourth-order valence-electron chi connectivity index (χ4n) is 4.38. The van der Waals surface area contributed by atoms with Gasteiger partial charge < -0.3 is 19.4 Å². The summed E-state index contributed by atoms with van der Waals surface area (Å²) in [7, 11) is 1.27. The van der Waals surface area contributed by atoms with Crippen LogP contribution in [0.4, 0.5) is 8.78 Å². The van der Waals surface area contributed by atoms with Crippen LogP contribution in [0.2, 0.25) is 5.02 Å². The van der Waals surface area contributed by atoms with Gasteiger partial charge in [0.1, 0.15) is 22.2 Å². The smallest absolute Gasteiger partial charge is 0.280 e. The molecule has 0 bridgehead atoms. The number of carbonyl (C=O) groups excluding carboxylic acids is 2. The molecular weight excluding hydrogens is 472 g/mol. The highest BCUT2D eigenvalue weighted by atomic mass is 35.5. The number of amides is 2. The van der Waals surface area contributed by atoms with E-state index >= 15 is 0 Å². The number of pyridine rings is 1. The third-order valence-corrected chi connectivity index (χ3v) is 6.41. The van der Waals surface area contributed by atoms with E-state index in [0.29, 0.717) is 19.5 Å². The zero-order valence-corrected chi connectivity index (χ0v) is 19.5. The van der Waals surface area contributed by atoms with Crippen LogP contribution in [-0.2, 0) is 13.1 Å². The largest absolute Gasteiger partial charge is 0.491 e. The van der Waals surface area contributed by atoms with E-state index < -0.39 is 28.0 Å². The summed E-state index contributed by atoms with van der Waals surface area (Å²) in [6.45, 7) is 2.45. The zero-order chi connectivity index (χ0) is 24.6. The summed E-state index contributed by atoms with van der Waals surface area (Å²) in [6, 6.07) is 2.15. The van der Waals surface area contributed by atoms with Gasteiger partial charge in [0.2, 0.25) is 11.7 Å².